The summed E-state index contributed by atoms with van der Waals surface area (Å²) in [7, 11) is -0.789. The van der Waals surface area contributed by atoms with E-state index in [1.807, 2.05) is 6.92 Å². The van der Waals surface area contributed by atoms with E-state index in [2.05, 4.69) is 4.98 Å². The van der Waals surface area contributed by atoms with E-state index in [-0.39, 0.29) is 0 Å². The van der Waals surface area contributed by atoms with Crippen LogP contribution < -0.4 is 5.73 Å². The molecule has 0 aliphatic rings. The van der Waals surface area contributed by atoms with Crippen molar-refractivity contribution in [3.8, 4) is 0 Å². The Kier molecular flexibility index (Phi) is 4.55. The molecule has 3 nitrogen and oxygen atoms in total. The predicted octanol–water partition coefficient (Wildman–Crippen LogP) is 0.987. The fourth-order valence-electron chi connectivity index (χ4n) is 0.916. The quantitative estimate of drug-likeness (QED) is 0.801. The first-order chi connectivity index (χ1) is 6.22. The number of nitrogens with two attached hydrogens (primary N) is 1. The second-order valence-electron chi connectivity index (χ2n) is 3.06. The number of thiazole rings is 1. The molecule has 0 fully saturated rings. The molecule has 0 spiro atoms. The minimum atomic E-state index is -0.789. The molecule has 1 aromatic rings. The Morgan fingerprint density at radius 3 is 3.08 bits per heavy atom. The van der Waals surface area contributed by atoms with Gasteiger partial charge in [-0.15, -0.1) is 11.3 Å². The molecule has 0 radical (unpaired) electrons. The lowest BCUT2D eigenvalue weighted by Gasteiger charge is -2.06. The third-order valence-electron chi connectivity index (χ3n) is 1.66. The number of nitrogens with zero attached hydrogens (tertiary/aromatic N) is 1. The second kappa shape index (κ2) is 5.47. The van der Waals surface area contributed by atoms with E-state index in [4.69, 9.17) is 5.73 Å². The topological polar surface area (TPSA) is 56.0 Å². The molecule has 0 aromatic carbocycles. The standard InChI is InChI=1S/C8H14N2OS2/c1-7(2-9)4-13(11)5-8-3-10-6-12-8/h3,6-7H,2,4-5,9H2,1H3. The highest BCUT2D eigenvalue weighted by molar-refractivity contribution is 7.84. The molecular weight excluding hydrogens is 204 g/mol. The first-order valence-corrected chi connectivity index (χ1v) is 6.51. The van der Waals surface area contributed by atoms with Crippen LogP contribution in [0.25, 0.3) is 0 Å². The van der Waals surface area contributed by atoms with E-state index in [0.717, 1.165) is 4.88 Å². The van der Waals surface area contributed by atoms with Gasteiger partial charge in [-0.05, 0) is 12.5 Å². The Hall–Kier alpha value is -0.260. The molecular formula is C8H14N2OS2. The van der Waals surface area contributed by atoms with E-state index in [1.54, 1.807) is 23.0 Å². The van der Waals surface area contributed by atoms with Crippen molar-refractivity contribution in [3.63, 3.8) is 0 Å². The number of hydrogen-bond acceptors (Lipinski definition) is 4. The van der Waals surface area contributed by atoms with Crippen molar-refractivity contribution in [3.05, 3.63) is 16.6 Å². The van der Waals surface area contributed by atoms with Gasteiger partial charge < -0.3 is 5.73 Å². The van der Waals surface area contributed by atoms with Gasteiger partial charge >= 0.3 is 0 Å². The van der Waals surface area contributed by atoms with Crippen LogP contribution in [0.5, 0.6) is 0 Å². The molecule has 0 bridgehead atoms. The zero-order valence-corrected chi connectivity index (χ0v) is 9.24. The Balaban J connectivity index is 2.34. The van der Waals surface area contributed by atoms with E-state index >= 15 is 0 Å². The highest BCUT2D eigenvalue weighted by Gasteiger charge is 2.07. The maximum absolute atomic E-state index is 11.5. The van der Waals surface area contributed by atoms with Crippen LogP contribution in [0.4, 0.5) is 0 Å². The molecule has 2 N–H and O–H groups in total. The molecule has 0 aliphatic heterocycles. The summed E-state index contributed by atoms with van der Waals surface area (Å²) in [5.41, 5.74) is 7.21. The normalized spacial score (nSPS) is 15.5. The molecule has 2 atom stereocenters. The van der Waals surface area contributed by atoms with Crippen LogP contribution >= 0.6 is 11.3 Å². The lowest BCUT2D eigenvalue weighted by Crippen LogP contribution is -2.18. The average molecular weight is 218 g/mol. The number of aromatic nitrogens is 1. The van der Waals surface area contributed by atoms with Crippen molar-refractivity contribution in [2.45, 2.75) is 12.7 Å². The zero-order valence-electron chi connectivity index (χ0n) is 7.60. The van der Waals surface area contributed by atoms with E-state index in [0.29, 0.717) is 24.0 Å². The summed E-state index contributed by atoms with van der Waals surface area (Å²) >= 11 is 1.55. The molecule has 5 heteroatoms. The zero-order chi connectivity index (χ0) is 9.68. The summed E-state index contributed by atoms with van der Waals surface area (Å²) in [5, 5.41) is 0. The summed E-state index contributed by atoms with van der Waals surface area (Å²) in [6.07, 6.45) is 1.77. The Bertz CT molecular complexity index is 261. The van der Waals surface area contributed by atoms with Gasteiger partial charge in [0.2, 0.25) is 0 Å². The third-order valence-corrected chi connectivity index (χ3v) is 4.20. The van der Waals surface area contributed by atoms with Crippen molar-refractivity contribution >= 4 is 22.1 Å². The molecule has 0 saturated carbocycles. The lowest BCUT2D eigenvalue weighted by atomic mass is 10.2. The molecule has 1 rings (SSSR count). The number of rotatable bonds is 5. The Morgan fingerprint density at radius 2 is 2.54 bits per heavy atom. The highest BCUT2D eigenvalue weighted by Crippen LogP contribution is 2.10. The molecule has 0 saturated heterocycles. The van der Waals surface area contributed by atoms with Gasteiger partial charge in [-0.1, -0.05) is 6.92 Å². The van der Waals surface area contributed by atoms with Crippen molar-refractivity contribution in [2.24, 2.45) is 11.7 Å². The van der Waals surface area contributed by atoms with Gasteiger partial charge in [0.1, 0.15) is 0 Å². The molecule has 1 aromatic heterocycles. The summed E-state index contributed by atoms with van der Waals surface area (Å²) in [6.45, 7) is 2.62. The molecule has 1 heterocycles. The van der Waals surface area contributed by atoms with Crippen LogP contribution in [0.15, 0.2) is 11.7 Å². The predicted molar refractivity (Wildman–Crippen MR) is 57.0 cm³/mol. The smallest absolute Gasteiger partial charge is 0.0794 e. The van der Waals surface area contributed by atoms with Crippen LogP contribution in [-0.4, -0.2) is 21.5 Å². The van der Waals surface area contributed by atoms with Gasteiger partial charge in [-0.3, -0.25) is 9.19 Å². The van der Waals surface area contributed by atoms with E-state index in [1.165, 1.54) is 0 Å². The second-order valence-corrected chi connectivity index (χ2v) is 5.53. The van der Waals surface area contributed by atoms with Gasteiger partial charge in [-0.25, -0.2) is 0 Å². The van der Waals surface area contributed by atoms with Gasteiger partial charge in [0.25, 0.3) is 0 Å². The summed E-state index contributed by atoms with van der Waals surface area (Å²) < 4.78 is 11.5. The maximum Gasteiger partial charge on any atom is 0.0794 e. The van der Waals surface area contributed by atoms with E-state index in [9.17, 15) is 4.21 Å². The minimum absolute atomic E-state index is 0.341. The Morgan fingerprint density at radius 1 is 1.77 bits per heavy atom. The van der Waals surface area contributed by atoms with Crippen LogP contribution in [0.2, 0.25) is 0 Å². The van der Waals surface area contributed by atoms with Gasteiger partial charge in [-0.2, -0.15) is 0 Å². The molecule has 74 valence electrons. The summed E-state index contributed by atoms with van der Waals surface area (Å²) in [4.78, 5) is 5.02. The SMILES string of the molecule is CC(CN)CS(=O)Cc1cncs1. The highest BCUT2D eigenvalue weighted by atomic mass is 32.2. The van der Waals surface area contributed by atoms with Crippen LogP contribution in [-0.2, 0) is 16.6 Å². The van der Waals surface area contributed by atoms with Gasteiger partial charge in [0, 0.05) is 27.6 Å². The molecule has 0 aliphatic carbocycles. The largest absolute Gasteiger partial charge is 0.330 e. The monoisotopic (exact) mass is 218 g/mol. The fourth-order valence-corrected chi connectivity index (χ4v) is 3.24. The third kappa shape index (κ3) is 3.97. The molecule has 0 amide bonds. The Labute approximate surface area is 84.8 Å². The van der Waals surface area contributed by atoms with Gasteiger partial charge in [0.05, 0.1) is 11.3 Å². The molecule has 2 unspecified atom stereocenters. The van der Waals surface area contributed by atoms with Gasteiger partial charge in [0.15, 0.2) is 0 Å². The number of hydrogen-bond donors (Lipinski definition) is 1. The summed E-state index contributed by atoms with van der Waals surface area (Å²) in [6, 6.07) is 0. The molecule has 13 heavy (non-hydrogen) atoms. The van der Waals surface area contributed by atoms with Crippen molar-refractivity contribution in [1.82, 2.24) is 4.98 Å². The van der Waals surface area contributed by atoms with Crippen LogP contribution in [0.1, 0.15) is 11.8 Å². The average Bonchev–Trinajstić information content (AvgIpc) is 2.56. The lowest BCUT2D eigenvalue weighted by molar-refractivity contribution is 0.640. The maximum atomic E-state index is 11.5. The van der Waals surface area contributed by atoms with Crippen molar-refractivity contribution in [2.75, 3.05) is 12.3 Å². The first-order valence-electron chi connectivity index (χ1n) is 4.14. The van der Waals surface area contributed by atoms with Crippen molar-refractivity contribution < 1.29 is 4.21 Å². The van der Waals surface area contributed by atoms with Crippen LogP contribution in [0, 0.1) is 5.92 Å². The van der Waals surface area contributed by atoms with Crippen molar-refractivity contribution in [1.29, 1.82) is 0 Å². The first kappa shape index (κ1) is 10.8. The fraction of sp³-hybridized carbons (Fsp3) is 0.625. The van der Waals surface area contributed by atoms with Crippen LogP contribution in [0.3, 0.4) is 0 Å². The van der Waals surface area contributed by atoms with E-state index < -0.39 is 10.8 Å². The minimum Gasteiger partial charge on any atom is -0.330 e. The summed E-state index contributed by atoms with van der Waals surface area (Å²) in [5.74, 6) is 1.65.